The molecule has 0 bridgehead atoms. The Balaban J connectivity index is 2.09. The number of hydrogen-bond acceptors (Lipinski definition) is 7. The topological polar surface area (TPSA) is 98.5 Å². The first-order valence-electron chi connectivity index (χ1n) is 5.20. The molecule has 0 amide bonds. The van der Waals surface area contributed by atoms with E-state index in [1.165, 1.54) is 15.2 Å². The normalized spacial score (nSPS) is 15.9. The first-order chi connectivity index (χ1) is 8.20. The van der Waals surface area contributed by atoms with Crippen molar-refractivity contribution in [2.45, 2.75) is 6.67 Å². The van der Waals surface area contributed by atoms with Gasteiger partial charge in [0.2, 0.25) is 11.9 Å². The van der Waals surface area contributed by atoms with Crippen LogP contribution in [0.25, 0.3) is 0 Å². The first kappa shape index (κ1) is 12.0. The van der Waals surface area contributed by atoms with E-state index in [2.05, 4.69) is 10.1 Å². The van der Waals surface area contributed by atoms with Crippen molar-refractivity contribution < 1.29 is 4.74 Å². The minimum atomic E-state index is 0.284. The summed E-state index contributed by atoms with van der Waals surface area (Å²) in [6.07, 6.45) is 0. The van der Waals surface area contributed by atoms with Crippen molar-refractivity contribution in [3.63, 3.8) is 0 Å². The smallest absolute Gasteiger partial charge is 0.246 e. The van der Waals surface area contributed by atoms with E-state index in [4.69, 9.17) is 28.5 Å². The summed E-state index contributed by atoms with van der Waals surface area (Å²) in [5.41, 5.74) is 7.08. The van der Waals surface area contributed by atoms with Crippen LogP contribution in [0.3, 0.4) is 0 Å². The molecule has 1 aliphatic heterocycles. The van der Waals surface area contributed by atoms with Gasteiger partial charge in [-0.3, -0.25) is 5.01 Å². The van der Waals surface area contributed by atoms with Crippen molar-refractivity contribution in [3.05, 3.63) is 0 Å². The Morgan fingerprint density at radius 3 is 2.82 bits per heavy atom. The second-order valence-electron chi connectivity index (χ2n) is 3.63. The fourth-order valence-corrected chi connectivity index (χ4v) is 1.60. The van der Waals surface area contributed by atoms with E-state index < -0.39 is 0 Å². The third-order valence-corrected chi connectivity index (χ3v) is 2.69. The Hall–Kier alpha value is -1.45. The van der Waals surface area contributed by atoms with Crippen LogP contribution >= 0.6 is 12.2 Å². The Morgan fingerprint density at radius 2 is 2.18 bits per heavy atom. The highest BCUT2D eigenvalue weighted by Crippen LogP contribution is 2.12. The molecule has 2 heterocycles. The van der Waals surface area contributed by atoms with Gasteiger partial charge >= 0.3 is 0 Å². The van der Waals surface area contributed by atoms with Crippen molar-refractivity contribution in [1.82, 2.24) is 19.8 Å². The van der Waals surface area contributed by atoms with Crippen molar-refractivity contribution in [3.8, 4) is 0 Å². The fraction of sp³-hybridized carbons (Fsp3) is 0.625. The average molecular weight is 257 g/mol. The number of rotatable bonds is 4. The van der Waals surface area contributed by atoms with Crippen molar-refractivity contribution >= 4 is 29.6 Å². The molecule has 17 heavy (non-hydrogen) atoms. The lowest BCUT2D eigenvalue weighted by Gasteiger charge is -2.25. The number of thiocarbonyl (C=S) groups is 1. The molecule has 94 valence electrons. The molecule has 0 aromatic carbocycles. The van der Waals surface area contributed by atoms with Gasteiger partial charge in [-0.2, -0.15) is 4.98 Å². The van der Waals surface area contributed by atoms with Crippen LogP contribution in [0.15, 0.2) is 0 Å². The van der Waals surface area contributed by atoms with Gasteiger partial charge in [0.25, 0.3) is 0 Å². The number of nitrogen functional groups attached to an aromatic ring is 1. The Labute approximate surface area is 104 Å². The molecule has 0 radical (unpaired) electrons. The zero-order valence-corrected chi connectivity index (χ0v) is 10.1. The third-order valence-electron chi connectivity index (χ3n) is 2.42. The number of aromatic nitrogens is 3. The number of morpholine rings is 1. The standard InChI is InChI=1S/C8H15N7OS/c9-7-11-8(13-1-3-16-4-2-13)12-15(7)5-14(10)6-17/h6H,1-5,10H2,(H2,9,11,12). The average Bonchev–Trinajstić information content (AvgIpc) is 2.72. The minimum Gasteiger partial charge on any atom is -0.378 e. The molecule has 0 unspecified atom stereocenters. The van der Waals surface area contributed by atoms with Crippen LogP contribution in [0.1, 0.15) is 0 Å². The van der Waals surface area contributed by atoms with E-state index in [-0.39, 0.29) is 6.67 Å². The van der Waals surface area contributed by atoms with E-state index >= 15 is 0 Å². The molecule has 0 spiro atoms. The summed E-state index contributed by atoms with van der Waals surface area (Å²) in [6.45, 7) is 3.17. The maximum Gasteiger partial charge on any atom is 0.246 e. The predicted octanol–water partition coefficient (Wildman–Crippen LogP) is -1.21. The summed E-state index contributed by atoms with van der Waals surface area (Å²) in [6, 6.07) is 0. The molecule has 1 fully saturated rings. The Morgan fingerprint density at radius 1 is 1.47 bits per heavy atom. The number of anilines is 2. The van der Waals surface area contributed by atoms with Gasteiger partial charge in [0.1, 0.15) is 6.67 Å². The lowest BCUT2D eigenvalue weighted by Crippen LogP contribution is -2.37. The van der Waals surface area contributed by atoms with Crippen molar-refractivity contribution in [2.75, 3.05) is 36.9 Å². The van der Waals surface area contributed by atoms with Gasteiger partial charge < -0.3 is 15.4 Å². The molecule has 1 aromatic rings. The quantitative estimate of drug-likeness (QED) is 0.394. The Bertz CT molecular complexity index is 389. The van der Waals surface area contributed by atoms with Gasteiger partial charge in [0, 0.05) is 13.1 Å². The molecule has 0 aliphatic carbocycles. The molecular weight excluding hydrogens is 242 g/mol. The van der Waals surface area contributed by atoms with E-state index in [9.17, 15) is 0 Å². The molecule has 2 rings (SSSR count). The van der Waals surface area contributed by atoms with Crippen molar-refractivity contribution in [2.24, 2.45) is 5.84 Å². The first-order valence-corrected chi connectivity index (χ1v) is 5.67. The second kappa shape index (κ2) is 5.25. The zero-order chi connectivity index (χ0) is 12.3. The van der Waals surface area contributed by atoms with Crippen LogP contribution in [-0.4, -0.2) is 51.6 Å². The monoisotopic (exact) mass is 257 g/mol. The third kappa shape index (κ3) is 2.81. The van der Waals surface area contributed by atoms with Crippen LogP contribution in [0, 0.1) is 0 Å². The maximum atomic E-state index is 5.75. The number of hydrazine groups is 1. The second-order valence-corrected chi connectivity index (χ2v) is 3.84. The molecule has 0 atom stereocenters. The molecule has 1 aliphatic rings. The molecule has 8 nitrogen and oxygen atoms in total. The van der Waals surface area contributed by atoms with Gasteiger partial charge in [-0.05, 0) is 0 Å². The van der Waals surface area contributed by atoms with Gasteiger partial charge in [-0.15, -0.1) is 5.10 Å². The molecule has 4 N–H and O–H groups in total. The lowest BCUT2D eigenvalue weighted by molar-refractivity contribution is 0.122. The lowest BCUT2D eigenvalue weighted by atomic mass is 10.4. The molecule has 9 heteroatoms. The van der Waals surface area contributed by atoms with E-state index in [1.807, 2.05) is 4.90 Å². The molecular formula is C8H15N7OS. The highest BCUT2D eigenvalue weighted by Gasteiger charge is 2.17. The van der Waals surface area contributed by atoms with Crippen LogP contribution < -0.4 is 16.5 Å². The largest absolute Gasteiger partial charge is 0.378 e. The zero-order valence-electron chi connectivity index (χ0n) is 9.32. The van der Waals surface area contributed by atoms with Gasteiger partial charge in [-0.25, -0.2) is 10.5 Å². The van der Waals surface area contributed by atoms with E-state index in [1.54, 1.807) is 0 Å². The highest BCUT2D eigenvalue weighted by molar-refractivity contribution is 7.78. The van der Waals surface area contributed by atoms with Crippen molar-refractivity contribution in [1.29, 1.82) is 0 Å². The number of hydrogen-bond donors (Lipinski definition) is 2. The fourth-order valence-electron chi connectivity index (χ4n) is 1.53. The summed E-state index contributed by atoms with van der Waals surface area (Å²) < 4.78 is 6.77. The minimum absolute atomic E-state index is 0.284. The summed E-state index contributed by atoms with van der Waals surface area (Å²) in [5.74, 6) is 6.48. The predicted molar refractivity (Wildman–Crippen MR) is 67.1 cm³/mol. The van der Waals surface area contributed by atoms with E-state index in [0.717, 1.165) is 13.1 Å². The van der Waals surface area contributed by atoms with Gasteiger partial charge in [0.15, 0.2) is 0 Å². The summed E-state index contributed by atoms with van der Waals surface area (Å²) in [4.78, 5) is 6.21. The van der Waals surface area contributed by atoms with Gasteiger partial charge in [-0.1, -0.05) is 12.2 Å². The highest BCUT2D eigenvalue weighted by atomic mass is 32.1. The Kier molecular flexibility index (Phi) is 3.71. The molecule has 0 saturated carbocycles. The maximum absolute atomic E-state index is 5.75. The van der Waals surface area contributed by atoms with Crippen LogP contribution in [-0.2, 0) is 11.4 Å². The molecule has 1 aromatic heterocycles. The van der Waals surface area contributed by atoms with Crippen LogP contribution in [0.5, 0.6) is 0 Å². The number of nitrogens with two attached hydrogens (primary N) is 2. The summed E-state index contributed by atoms with van der Waals surface area (Å²) in [5, 5.41) is 5.59. The molecule has 1 saturated heterocycles. The van der Waals surface area contributed by atoms with Gasteiger partial charge in [0.05, 0.1) is 18.7 Å². The van der Waals surface area contributed by atoms with Crippen LogP contribution in [0.4, 0.5) is 11.9 Å². The SMILES string of the molecule is Nc1nc(N2CCOCC2)nn1CN(N)C=S. The summed E-state index contributed by atoms with van der Waals surface area (Å²) in [7, 11) is 0. The number of ether oxygens (including phenoxy) is 1. The summed E-state index contributed by atoms with van der Waals surface area (Å²) >= 11 is 4.70. The van der Waals surface area contributed by atoms with Crippen LogP contribution in [0.2, 0.25) is 0 Å². The van der Waals surface area contributed by atoms with E-state index in [0.29, 0.717) is 25.1 Å². The number of nitrogens with zero attached hydrogens (tertiary/aromatic N) is 5.